The fourth-order valence-electron chi connectivity index (χ4n) is 1.54. The molecule has 2 atom stereocenters. The average Bonchev–Trinajstić information content (AvgIpc) is 2.34. The predicted molar refractivity (Wildman–Crippen MR) is 77.7 cm³/mol. The Morgan fingerprint density at radius 1 is 1.22 bits per heavy atom. The lowest BCUT2D eigenvalue weighted by atomic mass is 10.1. The lowest BCUT2D eigenvalue weighted by Crippen LogP contribution is -2.32. The molecule has 2 unspecified atom stereocenters. The third kappa shape index (κ3) is 5.96. The lowest BCUT2D eigenvalue weighted by Gasteiger charge is -2.18. The van der Waals surface area contributed by atoms with E-state index in [0.717, 1.165) is 4.47 Å². The van der Waals surface area contributed by atoms with Gasteiger partial charge in [-0.2, -0.15) is 0 Å². The number of ether oxygens (including phenoxy) is 1. The highest BCUT2D eigenvalue weighted by Gasteiger charge is 2.09. The van der Waals surface area contributed by atoms with Crippen LogP contribution in [-0.4, -0.2) is 30.5 Å². The average molecular weight is 316 g/mol. The molecule has 2 N–H and O–H groups in total. The minimum absolute atomic E-state index is 0.156. The molecular weight excluding hydrogens is 294 g/mol. The van der Waals surface area contributed by atoms with Crippen molar-refractivity contribution in [2.45, 2.75) is 39.0 Å². The van der Waals surface area contributed by atoms with E-state index >= 15 is 0 Å². The Hall–Kier alpha value is -0.420. The summed E-state index contributed by atoms with van der Waals surface area (Å²) in [5.74, 6) is 0. The molecule has 0 fully saturated rings. The Balaban J connectivity index is 2.32. The molecule has 18 heavy (non-hydrogen) atoms. The second-order valence-corrected chi connectivity index (χ2v) is 5.63. The van der Waals surface area contributed by atoms with Crippen molar-refractivity contribution < 1.29 is 9.84 Å². The molecule has 0 amide bonds. The SMILES string of the molecule is CC(C)OCC(O)CNC(C)c1ccc(Br)cc1. The molecule has 1 aromatic rings. The van der Waals surface area contributed by atoms with Crippen LogP contribution in [0.25, 0.3) is 0 Å². The van der Waals surface area contributed by atoms with Gasteiger partial charge in [-0.15, -0.1) is 0 Å². The van der Waals surface area contributed by atoms with Crippen LogP contribution in [0.5, 0.6) is 0 Å². The molecule has 0 aliphatic carbocycles. The second kappa shape index (κ2) is 7.89. The first-order valence-corrected chi connectivity index (χ1v) is 7.07. The molecule has 1 aromatic carbocycles. The minimum Gasteiger partial charge on any atom is -0.389 e. The smallest absolute Gasteiger partial charge is 0.0898 e. The van der Waals surface area contributed by atoms with Gasteiger partial charge in [-0.25, -0.2) is 0 Å². The van der Waals surface area contributed by atoms with Gasteiger partial charge in [0.2, 0.25) is 0 Å². The van der Waals surface area contributed by atoms with Gasteiger partial charge in [-0.1, -0.05) is 28.1 Å². The summed E-state index contributed by atoms with van der Waals surface area (Å²) in [5.41, 5.74) is 1.20. The van der Waals surface area contributed by atoms with E-state index in [-0.39, 0.29) is 12.1 Å². The summed E-state index contributed by atoms with van der Waals surface area (Å²) in [5, 5.41) is 13.0. The van der Waals surface area contributed by atoms with Crippen LogP contribution in [0.15, 0.2) is 28.7 Å². The molecule has 0 radical (unpaired) electrons. The zero-order valence-corrected chi connectivity index (χ0v) is 12.8. The molecule has 0 aliphatic rings. The van der Waals surface area contributed by atoms with E-state index in [4.69, 9.17) is 4.74 Å². The van der Waals surface area contributed by atoms with Crippen molar-refractivity contribution in [1.29, 1.82) is 0 Å². The molecule has 4 heteroatoms. The Labute approximate surface area is 118 Å². The van der Waals surface area contributed by atoms with Gasteiger partial charge in [0.1, 0.15) is 0 Å². The van der Waals surface area contributed by atoms with Gasteiger partial charge in [0.15, 0.2) is 0 Å². The van der Waals surface area contributed by atoms with E-state index in [2.05, 4.69) is 40.3 Å². The van der Waals surface area contributed by atoms with Crippen LogP contribution in [0.1, 0.15) is 32.4 Å². The summed E-state index contributed by atoms with van der Waals surface area (Å²) in [6.07, 6.45) is -0.311. The van der Waals surface area contributed by atoms with Crippen molar-refractivity contribution in [2.75, 3.05) is 13.2 Å². The first-order valence-electron chi connectivity index (χ1n) is 6.27. The number of aliphatic hydroxyl groups excluding tert-OH is 1. The zero-order valence-electron chi connectivity index (χ0n) is 11.2. The monoisotopic (exact) mass is 315 g/mol. The quantitative estimate of drug-likeness (QED) is 0.813. The van der Waals surface area contributed by atoms with Crippen LogP contribution in [0.4, 0.5) is 0 Å². The number of nitrogens with one attached hydrogen (secondary N) is 1. The summed E-state index contributed by atoms with van der Waals surface area (Å²) in [4.78, 5) is 0. The van der Waals surface area contributed by atoms with Crippen molar-refractivity contribution in [2.24, 2.45) is 0 Å². The van der Waals surface area contributed by atoms with Crippen molar-refractivity contribution in [3.63, 3.8) is 0 Å². The number of benzene rings is 1. The van der Waals surface area contributed by atoms with Crippen molar-refractivity contribution in [1.82, 2.24) is 5.32 Å². The summed E-state index contributed by atoms with van der Waals surface area (Å²) in [6, 6.07) is 8.39. The van der Waals surface area contributed by atoms with E-state index in [1.165, 1.54) is 5.56 Å². The number of rotatable bonds is 7. The third-order valence-electron chi connectivity index (χ3n) is 2.65. The van der Waals surface area contributed by atoms with Crippen molar-refractivity contribution in [3.05, 3.63) is 34.3 Å². The predicted octanol–water partition coefficient (Wildman–Crippen LogP) is 2.89. The maximum absolute atomic E-state index is 9.74. The van der Waals surface area contributed by atoms with Gasteiger partial charge >= 0.3 is 0 Å². The highest BCUT2D eigenvalue weighted by molar-refractivity contribution is 9.10. The molecule has 0 aromatic heterocycles. The van der Waals surface area contributed by atoms with Gasteiger partial charge in [0, 0.05) is 17.1 Å². The number of aliphatic hydroxyl groups is 1. The summed E-state index contributed by atoms with van der Waals surface area (Å²) in [6.45, 7) is 6.91. The third-order valence-corrected chi connectivity index (χ3v) is 3.18. The molecule has 0 saturated carbocycles. The highest BCUT2D eigenvalue weighted by atomic mass is 79.9. The van der Waals surface area contributed by atoms with E-state index in [9.17, 15) is 5.11 Å². The topological polar surface area (TPSA) is 41.5 Å². The first-order chi connectivity index (χ1) is 8.49. The van der Waals surface area contributed by atoms with Crippen LogP contribution in [0, 0.1) is 0 Å². The summed E-state index contributed by atoms with van der Waals surface area (Å²) >= 11 is 3.41. The molecule has 0 spiro atoms. The lowest BCUT2D eigenvalue weighted by molar-refractivity contribution is 0.00560. The van der Waals surface area contributed by atoms with Gasteiger partial charge < -0.3 is 15.2 Å². The van der Waals surface area contributed by atoms with Crippen molar-refractivity contribution >= 4 is 15.9 Å². The Kier molecular flexibility index (Phi) is 6.86. The molecule has 102 valence electrons. The molecule has 3 nitrogen and oxygen atoms in total. The van der Waals surface area contributed by atoms with Gasteiger partial charge in [0.25, 0.3) is 0 Å². The fourth-order valence-corrected chi connectivity index (χ4v) is 1.81. The highest BCUT2D eigenvalue weighted by Crippen LogP contribution is 2.16. The number of hydrogen-bond donors (Lipinski definition) is 2. The van der Waals surface area contributed by atoms with E-state index in [0.29, 0.717) is 13.2 Å². The van der Waals surface area contributed by atoms with Crippen LogP contribution in [-0.2, 0) is 4.74 Å². The minimum atomic E-state index is -0.467. The van der Waals surface area contributed by atoms with Crippen LogP contribution >= 0.6 is 15.9 Å². The molecule has 0 aliphatic heterocycles. The van der Waals surface area contributed by atoms with E-state index in [1.54, 1.807) is 0 Å². The van der Waals surface area contributed by atoms with Gasteiger partial charge in [-0.05, 0) is 38.5 Å². The maximum atomic E-state index is 9.74. The molecule has 0 saturated heterocycles. The number of hydrogen-bond acceptors (Lipinski definition) is 3. The van der Waals surface area contributed by atoms with Crippen LogP contribution in [0.2, 0.25) is 0 Å². The zero-order chi connectivity index (χ0) is 13.5. The molecule has 0 heterocycles. The van der Waals surface area contributed by atoms with Crippen LogP contribution < -0.4 is 5.32 Å². The van der Waals surface area contributed by atoms with Gasteiger partial charge in [0.05, 0.1) is 18.8 Å². The molecular formula is C14H22BrNO2. The maximum Gasteiger partial charge on any atom is 0.0898 e. The molecule has 0 bridgehead atoms. The van der Waals surface area contributed by atoms with E-state index in [1.807, 2.05) is 26.0 Å². The van der Waals surface area contributed by atoms with Gasteiger partial charge in [-0.3, -0.25) is 0 Å². The van der Waals surface area contributed by atoms with E-state index < -0.39 is 6.10 Å². The standard InChI is InChI=1S/C14H22BrNO2/c1-10(2)18-9-14(17)8-16-11(3)12-4-6-13(15)7-5-12/h4-7,10-11,14,16-17H,8-9H2,1-3H3. The molecule has 1 rings (SSSR count). The van der Waals surface area contributed by atoms with Crippen LogP contribution in [0.3, 0.4) is 0 Å². The Bertz CT molecular complexity index is 340. The van der Waals surface area contributed by atoms with Crippen molar-refractivity contribution in [3.8, 4) is 0 Å². The number of halogens is 1. The first kappa shape index (κ1) is 15.6. The largest absolute Gasteiger partial charge is 0.389 e. The normalized spacial score (nSPS) is 14.8. The second-order valence-electron chi connectivity index (χ2n) is 4.72. The Morgan fingerprint density at radius 3 is 2.39 bits per heavy atom. The Morgan fingerprint density at radius 2 is 1.83 bits per heavy atom. The summed E-state index contributed by atoms with van der Waals surface area (Å²) < 4.78 is 6.43. The summed E-state index contributed by atoms with van der Waals surface area (Å²) in [7, 11) is 0. The fraction of sp³-hybridized carbons (Fsp3) is 0.571.